The number of hydrogen-bond donors (Lipinski definition) is 2. The summed E-state index contributed by atoms with van der Waals surface area (Å²) < 4.78 is 12.1. The number of ether oxygens (including phenoxy) is 2. The fraction of sp³-hybridized carbons (Fsp3) is 0.500. The van der Waals surface area contributed by atoms with Crippen LogP contribution in [0.4, 0.5) is 0 Å². The fourth-order valence-electron chi connectivity index (χ4n) is 4.43. The van der Waals surface area contributed by atoms with E-state index in [9.17, 15) is 10.2 Å². The Morgan fingerprint density at radius 3 is 2.55 bits per heavy atom. The molecular formula is C24H29ClO4. The van der Waals surface area contributed by atoms with Crippen LogP contribution in [0.2, 0.25) is 5.02 Å². The predicted octanol–water partition coefficient (Wildman–Crippen LogP) is 4.56. The number of fused-ring (bicyclic) bond motifs is 1. The van der Waals surface area contributed by atoms with Gasteiger partial charge in [-0.15, -0.1) is 0 Å². The molecule has 0 radical (unpaired) electrons. The predicted molar refractivity (Wildman–Crippen MR) is 114 cm³/mol. The molecular weight excluding hydrogens is 388 g/mol. The van der Waals surface area contributed by atoms with Gasteiger partial charge in [-0.05, 0) is 35.6 Å². The lowest BCUT2D eigenvalue weighted by Gasteiger charge is -2.33. The van der Waals surface area contributed by atoms with Crippen molar-refractivity contribution in [2.24, 2.45) is 0 Å². The molecule has 4 rings (SSSR count). The summed E-state index contributed by atoms with van der Waals surface area (Å²) in [7, 11) is 0. The SMILES string of the molecule is CCc1ccc(Cc2cc(C3CC(O)CC(CO)O3)c3c(c2Cl)C(C)CO3)cc1. The lowest BCUT2D eigenvalue weighted by molar-refractivity contribution is -0.114. The molecule has 1 saturated heterocycles. The minimum absolute atomic E-state index is 0.1000. The van der Waals surface area contributed by atoms with E-state index in [2.05, 4.69) is 44.2 Å². The maximum absolute atomic E-state index is 10.3. The van der Waals surface area contributed by atoms with Crippen LogP contribution in [-0.2, 0) is 17.6 Å². The summed E-state index contributed by atoms with van der Waals surface area (Å²) in [5, 5.41) is 20.6. The van der Waals surface area contributed by atoms with Crippen LogP contribution in [0.15, 0.2) is 30.3 Å². The van der Waals surface area contributed by atoms with Crippen molar-refractivity contribution in [3.8, 4) is 5.75 Å². The molecule has 2 aromatic carbocycles. The van der Waals surface area contributed by atoms with E-state index < -0.39 is 6.10 Å². The van der Waals surface area contributed by atoms with Crippen LogP contribution in [0.25, 0.3) is 0 Å². The molecule has 4 unspecified atom stereocenters. The molecule has 5 heteroatoms. The molecule has 2 aliphatic rings. The third-order valence-corrected chi connectivity index (χ3v) is 6.53. The highest BCUT2D eigenvalue weighted by molar-refractivity contribution is 6.32. The van der Waals surface area contributed by atoms with Gasteiger partial charge in [0.05, 0.1) is 36.5 Å². The third-order valence-electron chi connectivity index (χ3n) is 6.08. The molecule has 0 amide bonds. The molecule has 0 aromatic heterocycles. The third kappa shape index (κ3) is 4.17. The molecule has 2 aliphatic heterocycles. The number of rotatable bonds is 5. The van der Waals surface area contributed by atoms with Crippen molar-refractivity contribution in [1.29, 1.82) is 0 Å². The van der Waals surface area contributed by atoms with Crippen molar-refractivity contribution in [3.63, 3.8) is 0 Å². The maximum atomic E-state index is 10.3. The van der Waals surface area contributed by atoms with Crippen LogP contribution < -0.4 is 4.74 Å². The molecule has 2 heterocycles. The van der Waals surface area contributed by atoms with Crippen LogP contribution in [0.3, 0.4) is 0 Å². The second kappa shape index (κ2) is 8.65. The number of aliphatic hydroxyl groups excluding tert-OH is 2. The van der Waals surface area contributed by atoms with Gasteiger partial charge in [-0.2, -0.15) is 0 Å². The van der Waals surface area contributed by atoms with Crippen LogP contribution in [0.5, 0.6) is 5.75 Å². The van der Waals surface area contributed by atoms with Crippen LogP contribution in [-0.4, -0.2) is 35.6 Å². The summed E-state index contributed by atoms with van der Waals surface area (Å²) in [4.78, 5) is 0. The molecule has 156 valence electrons. The van der Waals surface area contributed by atoms with E-state index >= 15 is 0 Å². The molecule has 4 nitrogen and oxygen atoms in total. The Hall–Kier alpha value is -1.59. The first-order valence-electron chi connectivity index (χ1n) is 10.5. The average molecular weight is 417 g/mol. The van der Waals surface area contributed by atoms with Crippen LogP contribution >= 0.6 is 11.6 Å². The van der Waals surface area contributed by atoms with E-state index in [1.165, 1.54) is 11.1 Å². The number of benzene rings is 2. The van der Waals surface area contributed by atoms with Gasteiger partial charge in [-0.1, -0.05) is 49.7 Å². The number of hydrogen-bond acceptors (Lipinski definition) is 4. The van der Waals surface area contributed by atoms with Gasteiger partial charge in [-0.3, -0.25) is 0 Å². The lowest BCUT2D eigenvalue weighted by Crippen LogP contribution is -2.33. The van der Waals surface area contributed by atoms with Gasteiger partial charge in [0.2, 0.25) is 0 Å². The summed E-state index contributed by atoms with van der Waals surface area (Å²) in [5.41, 5.74) is 5.54. The lowest BCUT2D eigenvalue weighted by atomic mass is 9.89. The Kier molecular flexibility index (Phi) is 6.16. The molecule has 0 saturated carbocycles. The van der Waals surface area contributed by atoms with Gasteiger partial charge < -0.3 is 19.7 Å². The average Bonchev–Trinajstić information content (AvgIpc) is 3.12. The Balaban J connectivity index is 1.72. The van der Waals surface area contributed by atoms with Crippen molar-refractivity contribution < 1.29 is 19.7 Å². The molecule has 0 aliphatic carbocycles. The minimum atomic E-state index is -0.499. The van der Waals surface area contributed by atoms with E-state index in [0.29, 0.717) is 19.4 Å². The summed E-state index contributed by atoms with van der Waals surface area (Å²) in [6.07, 6.45) is 1.53. The van der Waals surface area contributed by atoms with Crippen LogP contribution in [0, 0.1) is 0 Å². The molecule has 1 fully saturated rings. The Morgan fingerprint density at radius 2 is 1.86 bits per heavy atom. The molecule has 0 spiro atoms. The molecule has 2 N–H and O–H groups in total. The fourth-order valence-corrected chi connectivity index (χ4v) is 4.82. The monoisotopic (exact) mass is 416 g/mol. The topological polar surface area (TPSA) is 58.9 Å². The van der Waals surface area contributed by atoms with E-state index in [4.69, 9.17) is 21.1 Å². The van der Waals surface area contributed by atoms with Crippen molar-refractivity contribution in [3.05, 3.63) is 63.2 Å². The zero-order chi connectivity index (χ0) is 20.5. The Bertz CT molecular complexity index is 864. The Morgan fingerprint density at radius 1 is 1.14 bits per heavy atom. The smallest absolute Gasteiger partial charge is 0.130 e. The van der Waals surface area contributed by atoms with E-state index in [-0.39, 0.29) is 24.7 Å². The van der Waals surface area contributed by atoms with E-state index in [1.807, 2.05) is 0 Å². The molecule has 4 atom stereocenters. The number of aryl methyl sites for hydroxylation is 1. The second-order valence-electron chi connectivity index (χ2n) is 8.30. The minimum Gasteiger partial charge on any atom is -0.492 e. The van der Waals surface area contributed by atoms with Crippen molar-refractivity contribution in [2.45, 2.75) is 63.8 Å². The first kappa shape index (κ1) is 20.7. The Labute approximate surface area is 177 Å². The van der Waals surface area contributed by atoms with Gasteiger partial charge in [0.1, 0.15) is 5.75 Å². The second-order valence-corrected chi connectivity index (χ2v) is 8.67. The van der Waals surface area contributed by atoms with Crippen molar-refractivity contribution in [1.82, 2.24) is 0 Å². The summed E-state index contributed by atoms with van der Waals surface area (Å²) >= 11 is 6.84. The standard InChI is InChI=1S/C24H29ClO4/c1-3-15-4-6-16(7-5-15)8-17-9-20(21-11-18(27)10-19(12-26)29-21)24-22(23(17)25)14(2)13-28-24/h4-7,9,14,18-19,21,26-27H,3,8,10-13H2,1-2H3. The summed E-state index contributed by atoms with van der Waals surface area (Å²) in [6, 6.07) is 10.7. The highest BCUT2D eigenvalue weighted by Gasteiger charge is 2.35. The number of aliphatic hydroxyl groups is 2. The quantitative estimate of drug-likeness (QED) is 0.750. The van der Waals surface area contributed by atoms with E-state index in [1.54, 1.807) is 0 Å². The zero-order valence-corrected chi connectivity index (χ0v) is 17.8. The van der Waals surface area contributed by atoms with Gasteiger partial charge in [0.15, 0.2) is 0 Å². The highest BCUT2D eigenvalue weighted by Crippen LogP contribution is 2.48. The van der Waals surface area contributed by atoms with Gasteiger partial charge >= 0.3 is 0 Å². The maximum Gasteiger partial charge on any atom is 0.130 e. The van der Waals surface area contributed by atoms with E-state index in [0.717, 1.165) is 40.3 Å². The highest BCUT2D eigenvalue weighted by atomic mass is 35.5. The molecule has 29 heavy (non-hydrogen) atoms. The van der Waals surface area contributed by atoms with Crippen LogP contribution in [0.1, 0.15) is 66.5 Å². The largest absolute Gasteiger partial charge is 0.492 e. The normalized spacial score (nSPS) is 26.2. The van der Waals surface area contributed by atoms with Crippen molar-refractivity contribution >= 4 is 11.6 Å². The zero-order valence-electron chi connectivity index (χ0n) is 17.0. The summed E-state index contributed by atoms with van der Waals surface area (Å²) in [6.45, 7) is 4.76. The van der Waals surface area contributed by atoms with Gasteiger partial charge in [0, 0.05) is 29.9 Å². The van der Waals surface area contributed by atoms with Gasteiger partial charge in [-0.25, -0.2) is 0 Å². The molecule has 2 aromatic rings. The van der Waals surface area contributed by atoms with Gasteiger partial charge in [0.25, 0.3) is 0 Å². The molecule has 0 bridgehead atoms. The first-order valence-corrected chi connectivity index (χ1v) is 10.9. The summed E-state index contributed by atoms with van der Waals surface area (Å²) in [5.74, 6) is 1.00. The number of halogens is 1. The first-order chi connectivity index (χ1) is 14.0. The van der Waals surface area contributed by atoms with Crippen molar-refractivity contribution in [2.75, 3.05) is 13.2 Å².